The highest BCUT2D eigenvalue weighted by Gasteiger charge is 2.34. The number of nitrogens with one attached hydrogen (secondary N) is 1. The predicted octanol–water partition coefficient (Wildman–Crippen LogP) is 2.69. The van der Waals surface area contributed by atoms with Crippen LogP contribution in [-0.4, -0.2) is 43.4 Å². The van der Waals surface area contributed by atoms with Crippen molar-refractivity contribution in [3.63, 3.8) is 0 Å². The molecule has 0 aromatic heterocycles. The smallest absolute Gasteiger partial charge is 0.270 e. The molecule has 0 spiro atoms. The van der Waals surface area contributed by atoms with Crippen molar-refractivity contribution >= 4 is 33.2 Å². The lowest BCUT2D eigenvalue weighted by atomic mass is 9.97. The summed E-state index contributed by atoms with van der Waals surface area (Å²) >= 11 is 6.01. The second-order valence-corrected chi connectivity index (χ2v) is 9.77. The van der Waals surface area contributed by atoms with Crippen LogP contribution < -0.4 is 14.8 Å². The maximum Gasteiger partial charge on any atom is 0.270 e. The van der Waals surface area contributed by atoms with Gasteiger partial charge in [0, 0.05) is 37.7 Å². The summed E-state index contributed by atoms with van der Waals surface area (Å²) in [5.41, 5.74) is 0.508. The summed E-state index contributed by atoms with van der Waals surface area (Å²) in [4.78, 5) is 22.6. The minimum absolute atomic E-state index is 0.0841. The fraction of sp³-hybridized carbons (Fsp3) is 0.350. The molecule has 0 unspecified atom stereocenters. The molecular weight excluding hydrogens is 462 g/mol. The van der Waals surface area contributed by atoms with Gasteiger partial charge in [-0.3, -0.25) is 14.9 Å². The van der Waals surface area contributed by atoms with Gasteiger partial charge in [-0.1, -0.05) is 17.7 Å². The third-order valence-corrected chi connectivity index (χ3v) is 7.85. The molecule has 0 bridgehead atoms. The first-order chi connectivity index (χ1) is 15.3. The Kier molecular flexibility index (Phi) is 6.22. The first kappa shape index (κ1) is 22.3. The van der Waals surface area contributed by atoms with Crippen LogP contribution in [0.25, 0.3) is 0 Å². The summed E-state index contributed by atoms with van der Waals surface area (Å²) in [6.45, 7) is 0.721. The summed E-state index contributed by atoms with van der Waals surface area (Å²) in [5.74, 6) is 0.803. The molecule has 0 radical (unpaired) electrons. The summed E-state index contributed by atoms with van der Waals surface area (Å²) < 4.78 is 37.7. The molecule has 1 N–H and O–H groups in total. The van der Waals surface area contributed by atoms with Gasteiger partial charge in [0.15, 0.2) is 11.5 Å². The average Bonchev–Trinajstić information content (AvgIpc) is 3.25. The summed E-state index contributed by atoms with van der Waals surface area (Å²) in [6, 6.07) is 8.74. The van der Waals surface area contributed by atoms with Gasteiger partial charge in [0.25, 0.3) is 5.69 Å². The number of sulfonamides is 1. The van der Waals surface area contributed by atoms with Crippen LogP contribution >= 0.6 is 11.6 Å². The van der Waals surface area contributed by atoms with Gasteiger partial charge >= 0.3 is 0 Å². The Morgan fingerprint density at radius 1 is 1.16 bits per heavy atom. The van der Waals surface area contributed by atoms with Crippen molar-refractivity contribution < 1.29 is 27.6 Å². The van der Waals surface area contributed by atoms with E-state index in [4.69, 9.17) is 21.1 Å². The van der Waals surface area contributed by atoms with Crippen molar-refractivity contribution in [2.75, 3.05) is 19.9 Å². The summed E-state index contributed by atoms with van der Waals surface area (Å²) in [6.07, 6.45) is 0.664. The Morgan fingerprint density at radius 2 is 1.88 bits per heavy atom. The third-order valence-electron chi connectivity index (χ3n) is 5.47. The van der Waals surface area contributed by atoms with E-state index in [1.54, 1.807) is 12.1 Å². The van der Waals surface area contributed by atoms with E-state index < -0.39 is 14.9 Å². The molecule has 0 atom stereocenters. The fourth-order valence-corrected chi connectivity index (χ4v) is 5.65. The molecule has 2 aromatic rings. The second-order valence-electron chi connectivity index (χ2n) is 7.46. The number of carbonyl (C=O) groups is 1. The van der Waals surface area contributed by atoms with E-state index >= 15 is 0 Å². The van der Waals surface area contributed by atoms with Gasteiger partial charge in [-0.25, -0.2) is 8.42 Å². The number of non-ortho nitro benzene ring substituents is 1. The number of fused-ring (bicyclic) bond motifs is 1. The molecule has 170 valence electrons. The minimum atomic E-state index is -4.02. The monoisotopic (exact) mass is 481 g/mol. The molecule has 0 saturated carbocycles. The van der Waals surface area contributed by atoms with E-state index in [9.17, 15) is 23.3 Å². The Balaban J connectivity index is 1.36. The van der Waals surface area contributed by atoms with Gasteiger partial charge in [-0.2, -0.15) is 4.31 Å². The first-order valence-electron chi connectivity index (χ1n) is 9.86. The van der Waals surface area contributed by atoms with Crippen molar-refractivity contribution in [1.82, 2.24) is 9.62 Å². The number of hydrogen-bond acceptors (Lipinski definition) is 7. The van der Waals surface area contributed by atoms with Crippen molar-refractivity contribution in [1.29, 1.82) is 0 Å². The van der Waals surface area contributed by atoms with Crippen molar-refractivity contribution in [3.05, 3.63) is 57.1 Å². The normalized spacial score (nSPS) is 16.7. The largest absolute Gasteiger partial charge is 0.454 e. The Labute approximate surface area is 189 Å². The second kappa shape index (κ2) is 8.93. The summed E-state index contributed by atoms with van der Waals surface area (Å²) in [5, 5.41) is 13.8. The Morgan fingerprint density at radius 3 is 2.59 bits per heavy atom. The molecule has 2 aromatic carbocycles. The average molecular weight is 482 g/mol. The lowest BCUT2D eigenvalue weighted by molar-refractivity contribution is -0.385. The molecular formula is C20H20ClN3O7S. The summed E-state index contributed by atoms with van der Waals surface area (Å²) in [7, 11) is -4.02. The van der Waals surface area contributed by atoms with Crippen molar-refractivity contribution in [2.45, 2.75) is 24.3 Å². The maximum atomic E-state index is 13.0. The lowest BCUT2D eigenvalue weighted by Crippen LogP contribution is -2.42. The number of nitro benzene ring substituents is 1. The molecule has 1 amide bonds. The number of ether oxygens (including phenoxy) is 2. The van der Waals surface area contributed by atoms with E-state index in [-0.39, 0.29) is 47.3 Å². The molecule has 2 aliphatic heterocycles. The van der Waals surface area contributed by atoms with Gasteiger partial charge in [0.05, 0.1) is 9.95 Å². The third kappa shape index (κ3) is 4.50. The van der Waals surface area contributed by atoms with Crippen LogP contribution in [0, 0.1) is 16.0 Å². The standard InChI is InChI=1S/C20H20ClN3O7S/c21-16-3-2-15(24(26)27)10-19(16)32(28,29)23-7-5-14(6-8-23)20(25)22-11-13-1-4-17-18(9-13)31-12-30-17/h1-4,9-10,14H,5-8,11-12H2,(H,22,25). The molecule has 4 rings (SSSR count). The van der Waals surface area contributed by atoms with Gasteiger partial charge < -0.3 is 14.8 Å². The number of hydrogen-bond donors (Lipinski definition) is 1. The number of halogens is 1. The first-order valence-corrected chi connectivity index (χ1v) is 11.7. The van der Waals surface area contributed by atoms with Crippen LogP contribution in [0.2, 0.25) is 5.02 Å². The highest BCUT2D eigenvalue weighted by atomic mass is 35.5. The molecule has 1 saturated heterocycles. The SMILES string of the molecule is O=C(NCc1ccc2c(c1)OCO2)C1CCN(S(=O)(=O)c2cc([N+](=O)[O-])ccc2Cl)CC1. The Bertz CT molecular complexity index is 1160. The zero-order chi connectivity index (χ0) is 22.9. The fourth-order valence-electron chi connectivity index (χ4n) is 3.69. The lowest BCUT2D eigenvalue weighted by Gasteiger charge is -2.30. The van der Waals surface area contributed by atoms with Crippen molar-refractivity contribution in [2.24, 2.45) is 5.92 Å². The molecule has 10 nitrogen and oxygen atoms in total. The van der Waals surface area contributed by atoms with Gasteiger partial charge in [0.1, 0.15) is 4.90 Å². The van der Waals surface area contributed by atoms with E-state index in [0.29, 0.717) is 30.9 Å². The molecule has 1 fully saturated rings. The minimum Gasteiger partial charge on any atom is -0.454 e. The van der Waals surface area contributed by atoms with E-state index in [1.807, 2.05) is 6.07 Å². The quantitative estimate of drug-likeness (QED) is 0.496. The number of nitrogens with zero attached hydrogens (tertiary/aromatic N) is 2. The number of nitro groups is 1. The van der Waals surface area contributed by atoms with E-state index in [1.165, 1.54) is 10.4 Å². The molecule has 12 heteroatoms. The molecule has 0 aliphatic carbocycles. The Hall–Kier alpha value is -2.89. The van der Waals surface area contributed by atoms with Crippen LogP contribution in [-0.2, 0) is 21.4 Å². The number of rotatable bonds is 6. The van der Waals surface area contributed by atoms with Crippen molar-refractivity contribution in [3.8, 4) is 11.5 Å². The number of amides is 1. The zero-order valence-corrected chi connectivity index (χ0v) is 18.4. The predicted molar refractivity (Wildman–Crippen MR) is 114 cm³/mol. The highest BCUT2D eigenvalue weighted by molar-refractivity contribution is 7.89. The topological polar surface area (TPSA) is 128 Å². The van der Waals surface area contributed by atoms with Gasteiger partial charge in [-0.15, -0.1) is 0 Å². The van der Waals surface area contributed by atoms with Crippen LogP contribution in [0.4, 0.5) is 5.69 Å². The highest BCUT2D eigenvalue weighted by Crippen LogP contribution is 2.33. The molecule has 32 heavy (non-hydrogen) atoms. The van der Waals surface area contributed by atoms with Crippen LogP contribution in [0.3, 0.4) is 0 Å². The van der Waals surface area contributed by atoms with Crippen LogP contribution in [0.1, 0.15) is 18.4 Å². The van der Waals surface area contributed by atoms with Gasteiger partial charge in [-0.05, 0) is 36.6 Å². The van der Waals surface area contributed by atoms with Gasteiger partial charge in [0.2, 0.25) is 22.7 Å². The zero-order valence-electron chi connectivity index (χ0n) is 16.8. The van der Waals surface area contributed by atoms with E-state index in [0.717, 1.165) is 17.7 Å². The number of benzene rings is 2. The number of carbonyl (C=O) groups excluding carboxylic acids is 1. The maximum absolute atomic E-state index is 13.0. The molecule has 2 aliphatic rings. The van der Waals surface area contributed by atoms with E-state index in [2.05, 4.69) is 5.32 Å². The number of piperidine rings is 1. The van der Waals surface area contributed by atoms with Crippen LogP contribution in [0.5, 0.6) is 11.5 Å². The van der Waals surface area contributed by atoms with Crippen LogP contribution in [0.15, 0.2) is 41.3 Å². The molecule has 2 heterocycles.